The van der Waals surface area contributed by atoms with Crippen LogP contribution in [-0.2, 0) is 0 Å². The van der Waals surface area contributed by atoms with Gasteiger partial charge in [-0.15, -0.1) is 5.10 Å². The molecule has 0 radical (unpaired) electrons. The number of hydrogen-bond acceptors (Lipinski definition) is 9. The third kappa shape index (κ3) is 5.70. The molecule has 1 amide bonds. The van der Waals surface area contributed by atoms with Crippen molar-refractivity contribution >= 4 is 17.7 Å². The van der Waals surface area contributed by atoms with Crippen LogP contribution >= 0.6 is 0 Å². The standard InChI is InChI=1S/C27H34F2N8O2/c1-4-19-16-36(24-17(3)32-23(15-31-24)25-33-34-27(39-25)30-5-2)12-13-37(19)20-8-10-35(11-9-20)26(38)18-6-7-21(28)22(29)14-18/h6-7,14-15,19-20H,4-5,8-13,16H2,1-3H3,(H,30,34)/t19-/m0/s1. The number of hydrogen-bond donors (Lipinski definition) is 1. The maximum atomic E-state index is 13.6. The number of amides is 1. The van der Waals surface area contributed by atoms with Crippen molar-refractivity contribution in [2.24, 2.45) is 0 Å². The summed E-state index contributed by atoms with van der Waals surface area (Å²) < 4.78 is 32.5. The molecule has 0 spiro atoms. The second-order valence-corrected chi connectivity index (χ2v) is 10.0. The molecule has 0 saturated carbocycles. The summed E-state index contributed by atoms with van der Waals surface area (Å²) in [6, 6.07) is 4.40. The van der Waals surface area contributed by atoms with Gasteiger partial charge in [0.25, 0.3) is 11.8 Å². The van der Waals surface area contributed by atoms with E-state index < -0.39 is 11.6 Å². The summed E-state index contributed by atoms with van der Waals surface area (Å²) in [5.41, 5.74) is 1.54. The molecule has 2 aliphatic rings. The van der Waals surface area contributed by atoms with Crippen LogP contribution in [0.2, 0.25) is 0 Å². The number of likely N-dealkylation sites (tertiary alicyclic amines) is 1. The van der Waals surface area contributed by atoms with Gasteiger partial charge in [0.1, 0.15) is 11.5 Å². The molecule has 5 rings (SSSR count). The first kappa shape index (κ1) is 26.9. The molecular formula is C27H34F2N8O2. The van der Waals surface area contributed by atoms with E-state index in [2.05, 4.69) is 37.2 Å². The SMILES string of the molecule is CCNc1nnc(-c2cnc(N3CCN(C4CCN(C(=O)c5ccc(F)c(F)c5)CC4)[C@@H](CC)C3)c(C)n2)o1. The first-order chi connectivity index (χ1) is 18.9. The Labute approximate surface area is 226 Å². The van der Waals surface area contributed by atoms with E-state index in [1.165, 1.54) is 6.07 Å². The fourth-order valence-electron chi connectivity index (χ4n) is 5.56. The smallest absolute Gasteiger partial charge is 0.315 e. The lowest BCUT2D eigenvalue weighted by molar-refractivity contribution is 0.0490. The maximum Gasteiger partial charge on any atom is 0.315 e. The van der Waals surface area contributed by atoms with Gasteiger partial charge in [-0.3, -0.25) is 9.69 Å². The van der Waals surface area contributed by atoms with E-state index >= 15 is 0 Å². The van der Waals surface area contributed by atoms with E-state index in [0.717, 1.165) is 62.5 Å². The second-order valence-electron chi connectivity index (χ2n) is 10.0. The highest BCUT2D eigenvalue weighted by Gasteiger charge is 2.35. The first-order valence-corrected chi connectivity index (χ1v) is 13.5. The number of nitrogens with zero attached hydrogens (tertiary/aromatic N) is 7. The number of rotatable bonds is 7. The lowest BCUT2D eigenvalue weighted by Crippen LogP contribution is -2.58. The van der Waals surface area contributed by atoms with E-state index in [-0.39, 0.29) is 11.5 Å². The number of piperidine rings is 1. The number of halogens is 2. The van der Waals surface area contributed by atoms with E-state index in [9.17, 15) is 13.6 Å². The Balaban J connectivity index is 1.20. The number of piperazine rings is 1. The minimum Gasteiger partial charge on any atom is -0.402 e. The number of carbonyl (C=O) groups excluding carboxylic acids is 1. The van der Waals surface area contributed by atoms with Gasteiger partial charge in [-0.05, 0) is 51.3 Å². The van der Waals surface area contributed by atoms with Gasteiger partial charge in [0.2, 0.25) is 0 Å². The zero-order valence-corrected chi connectivity index (χ0v) is 22.5. The first-order valence-electron chi connectivity index (χ1n) is 13.5. The van der Waals surface area contributed by atoms with Crippen molar-refractivity contribution in [2.45, 2.75) is 52.1 Å². The Morgan fingerprint density at radius 2 is 1.90 bits per heavy atom. The number of carbonyl (C=O) groups is 1. The van der Waals surface area contributed by atoms with E-state index in [0.29, 0.717) is 49.3 Å². The van der Waals surface area contributed by atoms with Crippen LogP contribution in [0.1, 0.15) is 49.2 Å². The molecule has 39 heavy (non-hydrogen) atoms. The van der Waals surface area contributed by atoms with Gasteiger partial charge >= 0.3 is 6.01 Å². The molecule has 1 aromatic carbocycles. The summed E-state index contributed by atoms with van der Waals surface area (Å²) in [5, 5.41) is 11.0. The van der Waals surface area contributed by atoms with Crippen molar-refractivity contribution < 1.29 is 18.0 Å². The zero-order chi connectivity index (χ0) is 27.5. The monoisotopic (exact) mass is 540 g/mol. The number of aromatic nitrogens is 4. The van der Waals surface area contributed by atoms with Crippen molar-refractivity contribution in [2.75, 3.05) is 49.5 Å². The molecule has 1 atom stereocenters. The van der Waals surface area contributed by atoms with Crippen LogP contribution in [0.25, 0.3) is 11.6 Å². The third-order valence-electron chi connectivity index (χ3n) is 7.58. The largest absolute Gasteiger partial charge is 0.402 e. The summed E-state index contributed by atoms with van der Waals surface area (Å²) in [5.74, 6) is -1.01. The quantitative estimate of drug-likeness (QED) is 0.480. The third-order valence-corrected chi connectivity index (χ3v) is 7.58. The fraction of sp³-hybridized carbons (Fsp3) is 0.519. The van der Waals surface area contributed by atoms with Crippen LogP contribution < -0.4 is 10.2 Å². The average molecular weight is 541 g/mol. The zero-order valence-electron chi connectivity index (χ0n) is 22.5. The summed E-state index contributed by atoms with van der Waals surface area (Å²) in [7, 11) is 0. The van der Waals surface area contributed by atoms with E-state index in [4.69, 9.17) is 9.40 Å². The maximum absolute atomic E-state index is 13.6. The molecule has 2 saturated heterocycles. The normalized spacial score (nSPS) is 18.9. The summed E-state index contributed by atoms with van der Waals surface area (Å²) in [4.78, 5) is 28.8. The van der Waals surface area contributed by atoms with Crippen molar-refractivity contribution in [1.29, 1.82) is 0 Å². The molecule has 4 heterocycles. The van der Waals surface area contributed by atoms with Crippen molar-refractivity contribution in [3.8, 4) is 11.6 Å². The number of anilines is 2. The van der Waals surface area contributed by atoms with Crippen LogP contribution in [-0.4, -0.2) is 87.2 Å². The molecule has 0 unspecified atom stereocenters. The Kier molecular flexibility index (Phi) is 8.01. The highest BCUT2D eigenvalue weighted by atomic mass is 19.2. The predicted molar refractivity (Wildman–Crippen MR) is 143 cm³/mol. The fourth-order valence-corrected chi connectivity index (χ4v) is 5.56. The van der Waals surface area contributed by atoms with E-state index in [1.807, 2.05) is 13.8 Å². The van der Waals surface area contributed by atoms with Crippen LogP contribution in [0.15, 0.2) is 28.8 Å². The molecule has 0 aliphatic carbocycles. The number of benzene rings is 1. The van der Waals surface area contributed by atoms with Gasteiger partial charge in [0.15, 0.2) is 11.6 Å². The van der Waals surface area contributed by atoms with Gasteiger partial charge < -0.3 is 19.5 Å². The Morgan fingerprint density at radius 3 is 2.59 bits per heavy atom. The molecule has 2 aliphatic heterocycles. The van der Waals surface area contributed by atoms with Gasteiger partial charge in [0, 0.05) is 56.9 Å². The molecule has 1 N–H and O–H groups in total. The van der Waals surface area contributed by atoms with Crippen molar-refractivity contribution in [1.82, 2.24) is 30.0 Å². The Bertz CT molecular complexity index is 1310. The molecule has 10 nitrogen and oxygen atoms in total. The van der Waals surface area contributed by atoms with Crippen LogP contribution in [0.5, 0.6) is 0 Å². The minimum atomic E-state index is -0.998. The van der Waals surface area contributed by atoms with Gasteiger partial charge in [-0.25, -0.2) is 18.7 Å². The van der Waals surface area contributed by atoms with Gasteiger partial charge in [-0.2, -0.15) is 0 Å². The summed E-state index contributed by atoms with van der Waals surface area (Å²) >= 11 is 0. The topological polar surface area (TPSA) is 104 Å². The average Bonchev–Trinajstić information content (AvgIpc) is 3.43. The van der Waals surface area contributed by atoms with Gasteiger partial charge in [0.05, 0.1) is 11.9 Å². The van der Waals surface area contributed by atoms with Crippen LogP contribution in [0.4, 0.5) is 20.6 Å². The molecule has 12 heteroatoms. The molecule has 0 bridgehead atoms. The van der Waals surface area contributed by atoms with E-state index in [1.54, 1.807) is 11.1 Å². The highest BCUT2D eigenvalue weighted by Crippen LogP contribution is 2.28. The van der Waals surface area contributed by atoms with Crippen molar-refractivity contribution in [3.05, 3.63) is 47.3 Å². The van der Waals surface area contributed by atoms with Crippen LogP contribution in [0.3, 0.4) is 0 Å². The minimum absolute atomic E-state index is 0.187. The summed E-state index contributed by atoms with van der Waals surface area (Å²) in [6.45, 7) is 10.5. The number of nitrogens with one attached hydrogen (secondary N) is 1. The highest BCUT2D eigenvalue weighted by molar-refractivity contribution is 5.94. The lowest BCUT2D eigenvalue weighted by Gasteiger charge is -2.47. The molecule has 3 aromatic rings. The molecule has 2 fully saturated rings. The van der Waals surface area contributed by atoms with Crippen LogP contribution in [0, 0.1) is 18.6 Å². The molecule has 208 valence electrons. The second kappa shape index (κ2) is 11.6. The molecule has 2 aromatic heterocycles. The molecular weight excluding hydrogens is 506 g/mol. The Morgan fingerprint density at radius 1 is 1.10 bits per heavy atom. The lowest BCUT2D eigenvalue weighted by atomic mass is 9.97. The van der Waals surface area contributed by atoms with Gasteiger partial charge in [-0.1, -0.05) is 12.0 Å². The summed E-state index contributed by atoms with van der Waals surface area (Å²) in [6.07, 6.45) is 4.36. The Hall–Kier alpha value is -3.67. The van der Waals surface area contributed by atoms with Crippen molar-refractivity contribution in [3.63, 3.8) is 0 Å². The predicted octanol–water partition coefficient (Wildman–Crippen LogP) is 3.75. The number of aryl methyl sites for hydroxylation is 1.